The zero-order chi connectivity index (χ0) is 21.3. The second-order valence-electron chi connectivity index (χ2n) is 7.20. The maximum Gasteiger partial charge on any atom is 0.454 e. The Kier molecular flexibility index (Phi) is 9.20. The zero-order valence-electron chi connectivity index (χ0n) is 16.2. The van der Waals surface area contributed by atoms with Crippen molar-refractivity contribution in [2.75, 3.05) is 0 Å². The molecule has 160 valence electrons. The molecule has 29 heavy (non-hydrogen) atoms. The average Bonchev–Trinajstić information content (AvgIpc) is 2.66. The van der Waals surface area contributed by atoms with E-state index in [1.807, 2.05) is 0 Å². The zero-order valence-corrected chi connectivity index (χ0v) is 17.8. The Hall–Kier alpha value is -1.83. The molecular formula is C21H26BrF3N2O2. The van der Waals surface area contributed by atoms with Crippen molar-refractivity contribution in [3.8, 4) is 0 Å². The Bertz CT molecular complexity index is 730. The van der Waals surface area contributed by atoms with Gasteiger partial charge in [-0.2, -0.15) is 13.2 Å². The van der Waals surface area contributed by atoms with Gasteiger partial charge in [0.15, 0.2) is 0 Å². The largest absolute Gasteiger partial charge is 0.454 e. The minimum absolute atomic E-state index is 0.0504. The van der Waals surface area contributed by atoms with E-state index in [9.17, 15) is 22.8 Å². The summed E-state index contributed by atoms with van der Waals surface area (Å²) in [6.45, 7) is 0. The third-order valence-corrected chi connectivity index (χ3v) is 5.46. The highest BCUT2D eigenvalue weighted by molar-refractivity contribution is 9.10. The molecule has 0 radical (unpaired) electrons. The lowest BCUT2D eigenvalue weighted by Gasteiger charge is -2.19. The summed E-state index contributed by atoms with van der Waals surface area (Å²) in [5.74, 6) is -2.30. The van der Waals surface area contributed by atoms with Crippen molar-refractivity contribution in [2.24, 2.45) is 0 Å². The fourth-order valence-electron chi connectivity index (χ4n) is 3.33. The van der Waals surface area contributed by atoms with Crippen molar-refractivity contribution >= 4 is 27.6 Å². The average molecular weight is 475 g/mol. The second kappa shape index (κ2) is 11.4. The standard InChI is InChI=1S/C21H26BrF3N2O2/c22-16-13-11-15(12-14-16)20(29)27-26-18-10-8-6-4-2-1-3-5-7-9-17(18)19(28)21(23,24)25/h11-14,26H,1-10H2,(H,27,29)/b18-17-. The summed E-state index contributed by atoms with van der Waals surface area (Å²) in [5.41, 5.74) is 5.35. The number of Topliss-reactive ketones (excluding diaryl/α,β-unsaturated/α-hetero) is 1. The second-order valence-corrected chi connectivity index (χ2v) is 8.11. The highest BCUT2D eigenvalue weighted by atomic mass is 79.9. The number of ketones is 1. The molecular weight excluding hydrogens is 449 g/mol. The number of rotatable bonds is 4. The topological polar surface area (TPSA) is 58.2 Å². The molecule has 0 spiro atoms. The van der Waals surface area contributed by atoms with Crippen molar-refractivity contribution in [1.82, 2.24) is 10.9 Å². The molecule has 0 heterocycles. The first kappa shape index (κ1) is 23.4. The lowest BCUT2D eigenvalue weighted by molar-refractivity contribution is -0.166. The predicted molar refractivity (Wildman–Crippen MR) is 109 cm³/mol. The maximum absolute atomic E-state index is 13.2. The molecule has 0 aromatic heterocycles. The SMILES string of the molecule is O=C(NN/C1=C(\C(=O)C(F)(F)F)CCCCCCCCCC1)c1ccc(Br)cc1. The van der Waals surface area contributed by atoms with E-state index in [4.69, 9.17) is 0 Å². The molecule has 1 amide bonds. The smallest absolute Gasteiger partial charge is 0.302 e. The molecule has 2 rings (SSSR count). The summed E-state index contributed by atoms with van der Waals surface area (Å²) < 4.78 is 40.3. The van der Waals surface area contributed by atoms with Gasteiger partial charge >= 0.3 is 6.18 Å². The molecule has 1 aliphatic carbocycles. The number of amides is 1. The maximum atomic E-state index is 13.2. The Balaban J connectivity index is 2.21. The van der Waals surface area contributed by atoms with Gasteiger partial charge in [0.25, 0.3) is 11.7 Å². The summed E-state index contributed by atoms with van der Waals surface area (Å²) in [4.78, 5) is 24.4. The van der Waals surface area contributed by atoms with Gasteiger partial charge in [0, 0.05) is 21.3 Å². The van der Waals surface area contributed by atoms with Crippen LogP contribution in [0.15, 0.2) is 40.0 Å². The van der Waals surface area contributed by atoms with Gasteiger partial charge in [-0.05, 0) is 49.9 Å². The van der Waals surface area contributed by atoms with Crippen LogP contribution in [0, 0.1) is 0 Å². The number of hydrogen-bond acceptors (Lipinski definition) is 3. The normalized spacial score (nSPS) is 19.6. The number of nitrogens with one attached hydrogen (secondary N) is 2. The van der Waals surface area contributed by atoms with E-state index >= 15 is 0 Å². The fraction of sp³-hybridized carbons (Fsp3) is 0.524. The van der Waals surface area contributed by atoms with Crippen LogP contribution in [0.2, 0.25) is 0 Å². The van der Waals surface area contributed by atoms with E-state index in [0.29, 0.717) is 18.4 Å². The number of halogens is 4. The van der Waals surface area contributed by atoms with Crippen LogP contribution in [-0.4, -0.2) is 17.9 Å². The molecule has 0 saturated carbocycles. The van der Waals surface area contributed by atoms with Gasteiger partial charge in [0.2, 0.25) is 0 Å². The van der Waals surface area contributed by atoms with Gasteiger partial charge in [-0.1, -0.05) is 54.5 Å². The number of hydrazine groups is 1. The lowest BCUT2D eigenvalue weighted by atomic mass is 9.96. The van der Waals surface area contributed by atoms with E-state index < -0.39 is 17.9 Å². The number of carbonyl (C=O) groups excluding carboxylic acids is 2. The van der Waals surface area contributed by atoms with E-state index in [1.54, 1.807) is 24.3 Å². The summed E-state index contributed by atoms with van der Waals surface area (Å²) in [7, 11) is 0. The van der Waals surface area contributed by atoms with Gasteiger partial charge in [0.1, 0.15) is 0 Å². The van der Waals surface area contributed by atoms with Crippen molar-refractivity contribution in [2.45, 2.75) is 70.4 Å². The molecule has 0 bridgehead atoms. The highest BCUT2D eigenvalue weighted by Gasteiger charge is 2.41. The van der Waals surface area contributed by atoms with E-state index in [-0.39, 0.29) is 24.1 Å². The minimum Gasteiger partial charge on any atom is -0.302 e. The highest BCUT2D eigenvalue weighted by Crippen LogP contribution is 2.28. The van der Waals surface area contributed by atoms with Crippen LogP contribution in [0.5, 0.6) is 0 Å². The molecule has 0 aliphatic heterocycles. The lowest BCUT2D eigenvalue weighted by Crippen LogP contribution is -2.39. The van der Waals surface area contributed by atoms with Gasteiger partial charge in [-0.3, -0.25) is 15.0 Å². The third kappa shape index (κ3) is 7.84. The van der Waals surface area contributed by atoms with E-state index in [1.165, 1.54) is 0 Å². The first-order valence-corrected chi connectivity index (χ1v) is 10.7. The van der Waals surface area contributed by atoms with Crippen LogP contribution in [0.3, 0.4) is 0 Å². The molecule has 2 N–H and O–H groups in total. The van der Waals surface area contributed by atoms with Crippen LogP contribution in [-0.2, 0) is 4.79 Å². The van der Waals surface area contributed by atoms with Gasteiger partial charge in [-0.15, -0.1) is 0 Å². The van der Waals surface area contributed by atoms with Crippen LogP contribution >= 0.6 is 15.9 Å². The Morgan fingerprint density at radius 3 is 1.90 bits per heavy atom. The monoisotopic (exact) mass is 474 g/mol. The molecule has 8 heteroatoms. The fourth-order valence-corrected chi connectivity index (χ4v) is 3.60. The third-order valence-electron chi connectivity index (χ3n) is 4.93. The van der Waals surface area contributed by atoms with Gasteiger partial charge in [-0.25, -0.2) is 0 Å². The summed E-state index contributed by atoms with van der Waals surface area (Å²) >= 11 is 3.28. The first-order valence-electron chi connectivity index (χ1n) is 9.94. The molecule has 1 aromatic carbocycles. The van der Waals surface area contributed by atoms with Crippen molar-refractivity contribution in [3.63, 3.8) is 0 Å². The molecule has 4 nitrogen and oxygen atoms in total. The van der Waals surface area contributed by atoms with Gasteiger partial charge in [0.05, 0.1) is 0 Å². The van der Waals surface area contributed by atoms with Crippen molar-refractivity contribution < 1.29 is 22.8 Å². The summed E-state index contributed by atoms with van der Waals surface area (Å²) in [6, 6.07) is 6.59. The molecule has 1 aromatic rings. The summed E-state index contributed by atoms with van der Waals surface area (Å²) in [6.07, 6.45) is 2.39. The minimum atomic E-state index is -4.94. The summed E-state index contributed by atoms with van der Waals surface area (Å²) in [5, 5.41) is 0. The number of hydrogen-bond donors (Lipinski definition) is 2. The number of alkyl halides is 3. The first-order chi connectivity index (χ1) is 13.8. The number of benzene rings is 1. The Labute approximate surface area is 177 Å². The quantitative estimate of drug-likeness (QED) is 0.527. The van der Waals surface area contributed by atoms with E-state index in [0.717, 1.165) is 43.0 Å². The van der Waals surface area contributed by atoms with Crippen LogP contribution < -0.4 is 10.9 Å². The van der Waals surface area contributed by atoms with Crippen LogP contribution in [0.25, 0.3) is 0 Å². The van der Waals surface area contributed by atoms with Crippen LogP contribution in [0.4, 0.5) is 13.2 Å². The molecule has 0 atom stereocenters. The van der Waals surface area contributed by atoms with Gasteiger partial charge < -0.3 is 5.43 Å². The van der Waals surface area contributed by atoms with Crippen molar-refractivity contribution in [3.05, 3.63) is 45.6 Å². The Morgan fingerprint density at radius 2 is 1.34 bits per heavy atom. The Morgan fingerprint density at radius 1 is 0.828 bits per heavy atom. The van der Waals surface area contributed by atoms with Crippen LogP contribution in [0.1, 0.15) is 74.6 Å². The predicted octanol–water partition coefficient (Wildman–Crippen LogP) is 5.98. The molecule has 1 aliphatic rings. The number of allylic oxidation sites excluding steroid dienone is 2. The number of carbonyl (C=O) groups is 2. The molecule has 0 fully saturated rings. The van der Waals surface area contributed by atoms with E-state index in [2.05, 4.69) is 26.8 Å². The molecule has 0 saturated heterocycles. The molecule has 0 unspecified atom stereocenters. The van der Waals surface area contributed by atoms with Crippen molar-refractivity contribution in [1.29, 1.82) is 0 Å².